The lowest BCUT2D eigenvalue weighted by Crippen LogP contribution is -2.09. The van der Waals surface area contributed by atoms with Crippen LogP contribution in [0.4, 0.5) is 0 Å². The van der Waals surface area contributed by atoms with Gasteiger partial charge in [0.05, 0.1) is 24.4 Å². The highest BCUT2D eigenvalue weighted by molar-refractivity contribution is 7.99. The Balaban J connectivity index is 2.04. The molecule has 1 aromatic carbocycles. The Morgan fingerprint density at radius 1 is 1.15 bits per heavy atom. The van der Waals surface area contributed by atoms with Crippen LogP contribution in [0.1, 0.15) is 43.4 Å². The molecule has 5 nitrogen and oxygen atoms in total. The fourth-order valence-electron chi connectivity index (χ4n) is 2.81. The molecule has 140 valence electrons. The van der Waals surface area contributed by atoms with E-state index in [0.717, 1.165) is 27.1 Å². The zero-order valence-electron chi connectivity index (χ0n) is 15.5. The molecule has 0 fully saturated rings. The summed E-state index contributed by atoms with van der Waals surface area (Å²) in [5, 5.41) is 10.2. The van der Waals surface area contributed by atoms with Gasteiger partial charge in [-0.25, -0.2) is 4.98 Å². The number of aromatic nitrogens is 3. The fraction of sp³-hybridized carbons (Fsp3) is 0.286. The second-order valence-corrected chi connectivity index (χ2v) is 7.65. The van der Waals surface area contributed by atoms with Crippen molar-refractivity contribution in [3.8, 4) is 0 Å². The molecule has 27 heavy (non-hydrogen) atoms. The van der Waals surface area contributed by atoms with Gasteiger partial charge in [-0.15, -0.1) is 0 Å². The van der Waals surface area contributed by atoms with Crippen molar-refractivity contribution in [2.45, 2.75) is 49.1 Å². The zero-order valence-corrected chi connectivity index (χ0v) is 16.3. The van der Waals surface area contributed by atoms with Crippen LogP contribution < -0.4 is 0 Å². The Morgan fingerprint density at radius 2 is 1.89 bits per heavy atom. The number of rotatable bonds is 8. The van der Waals surface area contributed by atoms with Crippen molar-refractivity contribution in [1.29, 1.82) is 0 Å². The Morgan fingerprint density at radius 3 is 2.52 bits per heavy atom. The van der Waals surface area contributed by atoms with E-state index in [1.807, 2.05) is 36.4 Å². The van der Waals surface area contributed by atoms with Gasteiger partial charge >= 0.3 is 5.97 Å². The third-order valence-corrected chi connectivity index (χ3v) is 5.27. The van der Waals surface area contributed by atoms with Crippen molar-refractivity contribution >= 4 is 17.7 Å². The number of benzene rings is 1. The molecule has 0 aliphatic rings. The normalized spacial score (nSPS) is 11.1. The van der Waals surface area contributed by atoms with Crippen LogP contribution in [-0.4, -0.2) is 25.6 Å². The summed E-state index contributed by atoms with van der Waals surface area (Å²) in [6.07, 6.45) is 2.24. The molecule has 1 N–H and O–H groups in total. The van der Waals surface area contributed by atoms with Crippen LogP contribution >= 0.6 is 11.8 Å². The number of imidazole rings is 1. The number of hydrogen-bond donors (Lipinski definition) is 1. The highest BCUT2D eigenvalue weighted by atomic mass is 32.2. The molecule has 0 spiro atoms. The first-order chi connectivity index (χ1) is 13.0. The number of aryl methyl sites for hydroxylation is 1. The molecule has 0 unspecified atom stereocenters. The summed E-state index contributed by atoms with van der Waals surface area (Å²) < 4.78 is 2.12. The quantitative estimate of drug-likeness (QED) is 0.617. The van der Waals surface area contributed by atoms with Crippen LogP contribution in [0.3, 0.4) is 0 Å². The molecular weight excluding hydrogens is 358 g/mol. The largest absolute Gasteiger partial charge is 0.481 e. The number of pyridine rings is 1. The molecule has 2 aromatic heterocycles. The van der Waals surface area contributed by atoms with Crippen molar-refractivity contribution < 1.29 is 9.90 Å². The minimum Gasteiger partial charge on any atom is -0.481 e. The van der Waals surface area contributed by atoms with Gasteiger partial charge in [0.2, 0.25) is 0 Å². The Kier molecular flexibility index (Phi) is 6.29. The Hall–Kier alpha value is -2.60. The third kappa shape index (κ3) is 4.98. The summed E-state index contributed by atoms with van der Waals surface area (Å²) in [5.41, 5.74) is 1.93. The van der Waals surface area contributed by atoms with Crippen molar-refractivity contribution in [1.82, 2.24) is 14.5 Å². The van der Waals surface area contributed by atoms with E-state index in [9.17, 15) is 4.79 Å². The van der Waals surface area contributed by atoms with Gasteiger partial charge in [-0.05, 0) is 30.2 Å². The number of hydrogen-bond acceptors (Lipinski definition) is 4. The summed E-state index contributed by atoms with van der Waals surface area (Å²) in [4.78, 5) is 21.5. The van der Waals surface area contributed by atoms with E-state index >= 15 is 0 Å². The van der Waals surface area contributed by atoms with E-state index in [-0.39, 0.29) is 12.3 Å². The number of nitrogens with zero attached hydrogens (tertiary/aromatic N) is 3. The van der Waals surface area contributed by atoms with E-state index in [0.29, 0.717) is 13.0 Å². The molecule has 6 heteroatoms. The van der Waals surface area contributed by atoms with Crippen LogP contribution in [0.5, 0.6) is 0 Å². The molecule has 0 radical (unpaired) electrons. The summed E-state index contributed by atoms with van der Waals surface area (Å²) in [6, 6.07) is 16.0. The van der Waals surface area contributed by atoms with Crippen LogP contribution in [0.15, 0.2) is 64.6 Å². The second-order valence-electron chi connectivity index (χ2n) is 6.59. The predicted molar refractivity (Wildman–Crippen MR) is 106 cm³/mol. The molecule has 0 bridgehead atoms. The summed E-state index contributed by atoms with van der Waals surface area (Å²) in [6.45, 7) is 4.80. The van der Waals surface area contributed by atoms with Gasteiger partial charge in [0, 0.05) is 17.5 Å². The molecule has 0 amide bonds. The summed E-state index contributed by atoms with van der Waals surface area (Å²) in [7, 11) is 0. The van der Waals surface area contributed by atoms with Crippen molar-refractivity contribution in [3.05, 3.63) is 71.9 Å². The van der Waals surface area contributed by atoms with Crippen molar-refractivity contribution in [3.63, 3.8) is 0 Å². The molecule has 0 saturated heterocycles. The number of carboxylic acids is 1. The zero-order chi connectivity index (χ0) is 19.2. The topological polar surface area (TPSA) is 68.0 Å². The van der Waals surface area contributed by atoms with Gasteiger partial charge in [0.15, 0.2) is 0 Å². The van der Waals surface area contributed by atoms with Gasteiger partial charge < -0.3 is 9.67 Å². The van der Waals surface area contributed by atoms with Gasteiger partial charge in [-0.1, -0.05) is 49.9 Å². The van der Waals surface area contributed by atoms with Gasteiger partial charge in [-0.3, -0.25) is 9.78 Å². The fourth-order valence-corrected chi connectivity index (χ4v) is 4.00. The van der Waals surface area contributed by atoms with Gasteiger partial charge in [0.25, 0.3) is 0 Å². The lowest BCUT2D eigenvalue weighted by atomic mass is 10.1. The van der Waals surface area contributed by atoms with Gasteiger partial charge in [-0.2, -0.15) is 0 Å². The smallest absolute Gasteiger partial charge is 0.303 e. The molecule has 3 aromatic rings. The molecular formula is C21H23N3O2S. The van der Waals surface area contributed by atoms with E-state index in [2.05, 4.69) is 35.5 Å². The molecule has 0 atom stereocenters. The van der Waals surface area contributed by atoms with E-state index < -0.39 is 5.97 Å². The highest BCUT2D eigenvalue weighted by Crippen LogP contribution is 2.35. The number of carbonyl (C=O) groups is 1. The van der Waals surface area contributed by atoms with Crippen LogP contribution in [-0.2, 0) is 17.8 Å². The first kappa shape index (κ1) is 19.2. The number of aliphatic carboxylic acids is 1. The summed E-state index contributed by atoms with van der Waals surface area (Å²) >= 11 is 1.67. The Labute approximate surface area is 163 Å². The monoisotopic (exact) mass is 381 g/mol. The molecule has 3 rings (SSSR count). The lowest BCUT2D eigenvalue weighted by molar-refractivity contribution is -0.137. The molecule has 0 saturated carbocycles. The maximum atomic E-state index is 11.1. The van der Waals surface area contributed by atoms with E-state index in [4.69, 9.17) is 10.1 Å². The van der Waals surface area contributed by atoms with Crippen molar-refractivity contribution in [2.24, 2.45) is 0 Å². The SMILES string of the molecule is CC(C)c1nc(CCC(=O)O)n(Cc2ccccn2)c1Sc1ccccc1. The maximum Gasteiger partial charge on any atom is 0.303 e. The van der Waals surface area contributed by atoms with E-state index in [1.54, 1.807) is 18.0 Å². The second kappa shape index (κ2) is 8.86. The average Bonchev–Trinajstić information content (AvgIpc) is 2.99. The minimum atomic E-state index is -0.814. The van der Waals surface area contributed by atoms with Crippen LogP contribution in [0.2, 0.25) is 0 Å². The first-order valence-corrected chi connectivity index (χ1v) is 9.80. The third-order valence-electron chi connectivity index (χ3n) is 4.14. The van der Waals surface area contributed by atoms with Crippen LogP contribution in [0, 0.1) is 0 Å². The van der Waals surface area contributed by atoms with Crippen LogP contribution in [0.25, 0.3) is 0 Å². The first-order valence-electron chi connectivity index (χ1n) is 8.98. The molecule has 0 aliphatic carbocycles. The Bertz CT molecular complexity index is 893. The average molecular weight is 382 g/mol. The minimum absolute atomic E-state index is 0.0617. The lowest BCUT2D eigenvalue weighted by Gasteiger charge is -2.13. The maximum absolute atomic E-state index is 11.1. The van der Waals surface area contributed by atoms with Crippen molar-refractivity contribution in [2.75, 3.05) is 0 Å². The van der Waals surface area contributed by atoms with E-state index in [1.165, 1.54) is 0 Å². The summed E-state index contributed by atoms with van der Waals surface area (Å²) in [5.74, 6) is 0.223. The highest BCUT2D eigenvalue weighted by Gasteiger charge is 2.21. The standard InChI is InChI=1S/C21H23N3O2S/c1-15(2)20-21(27-17-9-4-3-5-10-17)24(14-16-8-6-7-13-22-16)18(23-20)11-12-19(25)26/h3-10,13,15H,11-12,14H2,1-2H3,(H,25,26). The molecule has 0 aliphatic heterocycles. The predicted octanol–water partition coefficient (Wildman–Crippen LogP) is 4.62. The number of carboxylic acid groups (broad SMARTS) is 1. The molecule has 2 heterocycles. The van der Waals surface area contributed by atoms with Gasteiger partial charge in [0.1, 0.15) is 10.9 Å².